The van der Waals surface area contributed by atoms with Crippen LogP contribution in [0.4, 0.5) is 5.95 Å². The van der Waals surface area contributed by atoms with Gasteiger partial charge in [0, 0.05) is 70.8 Å². The second-order valence-electron chi connectivity index (χ2n) is 6.66. The third kappa shape index (κ3) is 3.01. The lowest BCUT2D eigenvalue weighted by Crippen LogP contribution is -2.65. The van der Waals surface area contributed by atoms with Gasteiger partial charge in [-0.15, -0.1) is 0 Å². The molecule has 3 aliphatic heterocycles. The monoisotopic (exact) mass is 352 g/mol. The molecule has 4 rings (SSSR count). The Labute approximate surface area is 143 Å². The molecule has 0 amide bonds. The topological polar surface area (TPSA) is 72.9 Å². The highest BCUT2D eigenvalue weighted by Gasteiger charge is 2.42. The van der Waals surface area contributed by atoms with Crippen molar-refractivity contribution in [3.05, 3.63) is 18.5 Å². The van der Waals surface area contributed by atoms with E-state index in [1.54, 1.807) is 21.0 Å². The summed E-state index contributed by atoms with van der Waals surface area (Å²) in [5.74, 6) is 0.781. The lowest BCUT2D eigenvalue weighted by atomic mass is 10.1. The van der Waals surface area contributed by atoms with Gasteiger partial charge in [0.1, 0.15) is 0 Å². The Hall–Kier alpha value is -1.29. The van der Waals surface area contributed by atoms with Crippen molar-refractivity contribution in [1.82, 2.24) is 23.5 Å². The van der Waals surface area contributed by atoms with E-state index in [4.69, 9.17) is 0 Å². The third-order valence-electron chi connectivity index (χ3n) is 5.21. The van der Waals surface area contributed by atoms with Gasteiger partial charge in [-0.3, -0.25) is 4.90 Å². The second-order valence-corrected chi connectivity index (χ2v) is 8.59. The van der Waals surface area contributed by atoms with Crippen LogP contribution in [0, 0.1) is 0 Å². The zero-order valence-electron chi connectivity index (χ0n) is 13.8. The van der Waals surface area contributed by atoms with Crippen molar-refractivity contribution in [2.45, 2.75) is 18.9 Å². The maximum atomic E-state index is 12.5. The molecule has 3 fully saturated rings. The van der Waals surface area contributed by atoms with E-state index in [9.17, 15) is 8.42 Å². The highest BCUT2D eigenvalue weighted by atomic mass is 32.2. The molecule has 3 saturated heterocycles. The van der Waals surface area contributed by atoms with Gasteiger partial charge in [-0.2, -0.15) is 17.0 Å². The zero-order valence-corrected chi connectivity index (χ0v) is 14.6. The molecule has 4 heterocycles. The van der Waals surface area contributed by atoms with Gasteiger partial charge in [0.2, 0.25) is 5.95 Å². The van der Waals surface area contributed by atoms with Gasteiger partial charge in [-0.1, -0.05) is 0 Å². The number of anilines is 1. The fraction of sp³-hybridized carbons (Fsp3) is 0.733. The van der Waals surface area contributed by atoms with Crippen LogP contribution >= 0.6 is 0 Å². The van der Waals surface area contributed by atoms with Gasteiger partial charge in [-0.05, 0) is 18.9 Å². The van der Waals surface area contributed by atoms with Crippen LogP contribution in [-0.2, 0) is 10.2 Å². The van der Waals surface area contributed by atoms with E-state index in [0.717, 1.165) is 45.0 Å². The highest BCUT2D eigenvalue weighted by Crippen LogP contribution is 2.25. The average molecular weight is 352 g/mol. The molecule has 0 atom stereocenters. The molecule has 3 aliphatic rings. The molecule has 24 heavy (non-hydrogen) atoms. The Morgan fingerprint density at radius 1 is 0.875 bits per heavy atom. The van der Waals surface area contributed by atoms with E-state index >= 15 is 0 Å². The molecule has 0 radical (unpaired) electrons. The minimum absolute atomic E-state index is 0.348. The van der Waals surface area contributed by atoms with Crippen LogP contribution in [0.2, 0.25) is 0 Å². The summed E-state index contributed by atoms with van der Waals surface area (Å²) in [5, 5.41) is 0. The first-order chi connectivity index (χ1) is 11.6. The second kappa shape index (κ2) is 6.55. The van der Waals surface area contributed by atoms with Gasteiger partial charge < -0.3 is 4.90 Å². The summed E-state index contributed by atoms with van der Waals surface area (Å²) in [4.78, 5) is 13.2. The third-order valence-corrected chi connectivity index (χ3v) is 7.18. The molecule has 1 aromatic rings. The summed E-state index contributed by atoms with van der Waals surface area (Å²) >= 11 is 0. The number of aromatic nitrogens is 2. The van der Waals surface area contributed by atoms with Crippen LogP contribution in [0.5, 0.6) is 0 Å². The van der Waals surface area contributed by atoms with Crippen LogP contribution in [0.15, 0.2) is 18.5 Å². The lowest BCUT2D eigenvalue weighted by molar-refractivity contribution is 0.0788. The molecule has 132 valence electrons. The molecule has 1 aromatic heterocycles. The van der Waals surface area contributed by atoms with Gasteiger partial charge in [0.15, 0.2) is 0 Å². The number of hydrogen-bond donors (Lipinski definition) is 0. The molecule has 8 nitrogen and oxygen atoms in total. The van der Waals surface area contributed by atoms with Crippen molar-refractivity contribution >= 4 is 16.2 Å². The standard InChI is InChI=1S/C15H24N6O2S/c22-24(23,20-6-1-2-7-20)21-12-14(13-21)18-8-10-19(11-9-18)15-16-4-3-5-17-15/h3-5,14H,1-2,6-13H2. The van der Waals surface area contributed by atoms with Crippen molar-refractivity contribution in [2.75, 3.05) is 57.3 Å². The molecule has 0 aromatic carbocycles. The Balaban J connectivity index is 1.28. The summed E-state index contributed by atoms with van der Waals surface area (Å²) in [6.45, 7) is 6.25. The molecule has 0 spiro atoms. The van der Waals surface area contributed by atoms with E-state index in [1.807, 2.05) is 6.07 Å². The minimum atomic E-state index is -3.22. The Kier molecular flexibility index (Phi) is 4.42. The molecular weight excluding hydrogens is 328 g/mol. The summed E-state index contributed by atoms with van der Waals surface area (Å²) in [5.41, 5.74) is 0. The average Bonchev–Trinajstić information content (AvgIpc) is 3.10. The Morgan fingerprint density at radius 2 is 1.50 bits per heavy atom. The molecule has 9 heteroatoms. The van der Waals surface area contributed by atoms with E-state index in [1.165, 1.54) is 0 Å². The summed E-state index contributed by atoms with van der Waals surface area (Å²) in [6, 6.07) is 2.17. The van der Waals surface area contributed by atoms with E-state index in [-0.39, 0.29) is 0 Å². The lowest BCUT2D eigenvalue weighted by Gasteiger charge is -2.48. The summed E-state index contributed by atoms with van der Waals surface area (Å²) < 4.78 is 28.2. The van der Waals surface area contributed by atoms with Crippen molar-refractivity contribution in [2.24, 2.45) is 0 Å². The molecule has 0 aliphatic carbocycles. The number of nitrogens with zero attached hydrogens (tertiary/aromatic N) is 6. The molecule has 0 bridgehead atoms. The fourth-order valence-electron chi connectivity index (χ4n) is 3.66. The minimum Gasteiger partial charge on any atom is -0.338 e. The first-order valence-corrected chi connectivity index (χ1v) is 10.1. The van der Waals surface area contributed by atoms with E-state index in [2.05, 4.69) is 19.8 Å². The molecule has 0 unspecified atom stereocenters. The first kappa shape index (κ1) is 16.2. The highest BCUT2D eigenvalue weighted by molar-refractivity contribution is 7.86. The van der Waals surface area contributed by atoms with Gasteiger partial charge >= 0.3 is 0 Å². The largest absolute Gasteiger partial charge is 0.338 e. The number of rotatable bonds is 4. The van der Waals surface area contributed by atoms with Gasteiger partial charge in [0.05, 0.1) is 0 Å². The normalized spacial score (nSPS) is 25.1. The quantitative estimate of drug-likeness (QED) is 0.736. The Bertz CT molecular complexity index is 650. The van der Waals surface area contributed by atoms with E-state index < -0.39 is 10.2 Å². The first-order valence-electron chi connectivity index (χ1n) is 8.66. The molecule has 0 N–H and O–H groups in total. The summed E-state index contributed by atoms with van der Waals surface area (Å²) in [6.07, 6.45) is 5.50. The Morgan fingerprint density at radius 3 is 2.12 bits per heavy atom. The fourth-order valence-corrected chi connectivity index (χ4v) is 5.43. The number of piperazine rings is 1. The summed E-state index contributed by atoms with van der Waals surface area (Å²) in [7, 11) is -3.22. The van der Waals surface area contributed by atoms with Crippen LogP contribution in [-0.4, -0.2) is 90.3 Å². The van der Waals surface area contributed by atoms with E-state index in [0.29, 0.717) is 32.2 Å². The molecule has 0 saturated carbocycles. The van der Waals surface area contributed by atoms with Crippen molar-refractivity contribution < 1.29 is 8.42 Å². The van der Waals surface area contributed by atoms with Crippen LogP contribution in [0.3, 0.4) is 0 Å². The predicted octanol–water partition coefficient (Wildman–Crippen LogP) is -0.377. The van der Waals surface area contributed by atoms with Crippen molar-refractivity contribution in [3.63, 3.8) is 0 Å². The maximum absolute atomic E-state index is 12.5. The van der Waals surface area contributed by atoms with Crippen LogP contribution < -0.4 is 4.90 Å². The van der Waals surface area contributed by atoms with Crippen LogP contribution in [0.1, 0.15) is 12.8 Å². The predicted molar refractivity (Wildman–Crippen MR) is 90.9 cm³/mol. The number of hydrogen-bond acceptors (Lipinski definition) is 6. The van der Waals surface area contributed by atoms with Gasteiger partial charge in [-0.25, -0.2) is 9.97 Å². The SMILES string of the molecule is O=S(=O)(N1CCCC1)N1CC(N2CCN(c3ncccn3)CC2)C1. The maximum Gasteiger partial charge on any atom is 0.282 e. The van der Waals surface area contributed by atoms with Crippen LogP contribution in [0.25, 0.3) is 0 Å². The smallest absolute Gasteiger partial charge is 0.282 e. The van der Waals surface area contributed by atoms with Gasteiger partial charge in [0.25, 0.3) is 10.2 Å². The zero-order chi connectivity index (χ0) is 16.6. The van der Waals surface area contributed by atoms with Crippen molar-refractivity contribution in [3.8, 4) is 0 Å². The molecular formula is C15H24N6O2S. The van der Waals surface area contributed by atoms with Crippen molar-refractivity contribution in [1.29, 1.82) is 0 Å².